The molecule has 0 unspecified atom stereocenters. The fraction of sp³-hybridized carbons (Fsp3) is 0.242. The first-order chi connectivity index (χ1) is 19.5. The highest BCUT2D eigenvalue weighted by molar-refractivity contribution is 6.08. The van der Waals surface area contributed by atoms with Crippen LogP contribution in [0.2, 0.25) is 0 Å². The molecule has 0 aromatic heterocycles. The van der Waals surface area contributed by atoms with Gasteiger partial charge in [0.1, 0.15) is 6.04 Å². The van der Waals surface area contributed by atoms with Crippen molar-refractivity contribution in [1.29, 1.82) is 0 Å². The van der Waals surface area contributed by atoms with Crippen LogP contribution in [0.1, 0.15) is 33.5 Å². The maximum absolute atomic E-state index is 13.7. The van der Waals surface area contributed by atoms with E-state index in [1.54, 1.807) is 4.90 Å². The van der Waals surface area contributed by atoms with Gasteiger partial charge in [-0.05, 0) is 52.4 Å². The third-order valence-corrected chi connectivity index (χ3v) is 7.35. The monoisotopic (exact) mass is 534 g/mol. The number of carbonyl (C=O) groups is 3. The number of rotatable bonds is 9. The molecule has 1 aliphatic heterocycles. The molecule has 0 radical (unpaired) electrons. The Bertz CT molecular complexity index is 1530. The first-order valence-corrected chi connectivity index (χ1v) is 13.8. The molecule has 7 heteroatoms. The Morgan fingerprint density at radius 3 is 2.38 bits per heavy atom. The molecule has 0 saturated carbocycles. The number of nitrogens with zero attached hydrogens (tertiary/aromatic N) is 1. The van der Waals surface area contributed by atoms with Crippen LogP contribution < -0.4 is 21.3 Å². The molecule has 204 valence electrons. The average molecular weight is 535 g/mol. The SMILES string of the molecule is NCCNC(=O)[C@@H](Cc1ccc2ccccc2c1)NC(=O)CCN1C(=O)c2ccccc2CCc2ccccc21. The van der Waals surface area contributed by atoms with E-state index in [-0.39, 0.29) is 30.7 Å². The van der Waals surface area contributed by atoms with Crippen molar-refractivity contribution in [2.75, 3.05) is 24.5 Å². The topological polar surface area (TPSA) is 105 Å². The maximum Gasteiger partial charge on any atom is 0.258 e. The van der Waals surface area contributed by atoms with Crippen LogP contribution in [0.3, 0.4) is 0 Å². The smallest absolute Gasteiger partial charge is 0.258 e. The molecule has 0 spiro atoms. The zero-order valence-corrected chi connectivity index (χ0v) is 22.4. The number of anilines is 1. The summed E-state index contributed by atoms with van der Waals surface area (Å²) in [5.74, 6) is -0.702. The van der Waals surface area contributed by atoms with Crippen LogP contribution in [0.4, 0.5) is 5.69 Å². The Hall–Kier alpha value is -4.49. The Balaban J connectivity index is 1.33. The fourth-order valence-corrected chi connectivity index (χ4v) is 5.29. The Kier molecular flexibility index (Phi) is 8.52. The summed E-state index contributed by atoms with van der Waals surface area (Å²) in [6.45, 7) is 0.824. The molecular formula is C33H34N4O3. The molecule has 0 bridgehead atoms. The number of nitrogens with two attached hydrogens (primary N) is 1. The molecule has 40 heavy (non-hydrogen) atoms. The second-order valence-electron chi connectivity index (χ2n) is 10.1. The first-order valence-electron chi connectivity index (χ1n) is 13.8. The molecule has 4 N–H and O–H groups in total. The van der Waals surface area contributed by atoms with Crippen molar-refractivity contribution in [3.05, 3.63) is 113 Å². The Labute approximate surface area is 234 Å². The molecule has 0 aliphatic carbocycles. The van der Waals surface area contributed by atoms with Crippen molar-refractivity contribution < 1.29 is 14.4 Å². The summed E-state index contributed by atoms with van der Waals surface area (Å²) < 4.78 is 0. The van der Waals surface area contributed by atoms with Crippen LogP contribution in [-0.4, -0.2) is 43.4 Å². The van der Waals surface area contributed by atoms with E-state index in [1.165, 1.54) is 0 Å². The second-order valence-corrected chi connectivity index (χ2v) is 10.1. The molecule has 1 heterocycles. The van der Waals surface area contributed by atoms with E-state index in [2.05, 4.69) is 10.6 Å². The lowest BCUT2D eigenvalue weighted by atomic mass is 9.95. The lowest BCUT2D eigenvalue weighted by Crippen LogP contribution is -2.49. The summed E-state index contributed by atoms with van der Waals surface area (Å²) in [6, 6.07) is 28.8. The van der Waals surface area contributed by atoms with E-state index in [0.717, 1.165) is 46.0 Å². The maximum atomic E-state index is 13.7. The van der Waals surface area contributed by atoms with E-state index in [4.69, 9.17) is 5.73 Å². The summed E-state index contributed by atoms with van der Waals surface area (Å²) in [5, 5.41) is 7.90. The van der Waals surface area contributed by atoms with E-state index >= 15 is 0 Å². The molecule has 7 nitrogen and oxygen atoms in total. The molecule has 1 atom stereocenters. The number of carbonyl (C=O) groups excluding carboxylic acids is 3. The number of para-hydroxylation sites is 1. The van der Waals surface area contributed by atoms with Gasteiger partial charge in [0.05, 0.1) is 0 Å². The number of benzene rings is 4. The predicted octanol–water partition coefficient (Wildman–Crippen LogP) is 3.78. The highest BCUT2D eigenvalue weighted by atomic mass is 16.2. The quantitative estimate of drug-likeness (QED) is 0.304. The van der Waals surface area contributed by atoms with Gasteiger partial charge in [0, 0.05) is 43.7 Å². The minimum Gasteiger partial charge on any atom is -0.353 e. The molecule has 4 aromatic carbocycles. The Morgan fingerprint density at radius 1 is 0.850 bits per heavy atom. The van der Waals surface area contributed by atoms with Crippen LogP contribution >= 0.6 is 0 Å². The van der Waals surface area contributed by atoms with Gasteiger partial charge >= 0.3 is 0 Å². The van der Waals surface area contributed by atoms with Crippen molar-refractivity contribution in [2.24, 2.45) is 5.73 Å². The number of fused-ring (bicyclic) bond motifs is 3. The highest BCUT2D eigenvalue weighted by Crippen LogP contribution is 2.28. The van der Waals surface area contributed by atoms with E-state index < -0.39 is 6.04 Å². The summed E-state index contributed by atoms with van der Waals surface area (Å²) >= 11 is 0. The van der Waals surface area contributed by atoms with Crippen molar-refractivity contribution in [3.63, 3.8) is 0 Å². The largest absolute Gasteiger partial charge is 0.353 e. The number of nitrogens with one attached hydrogen (secondary N) is 2. The van der Waals surface area contributed by atoms with E-state index in [1.807, 2.05) is 91.0 Å². The van der Waals surface area contributed by atoms with Gasteiger partial charge in [0.2, 0.25) is 11.8 Å². The van der Waals surface area contributed by atoms with Gasteiger partial charge in [-0.1, -0.05) is 78.9 Å². The lowest BCUT2D eigenvalue weighted by molar-refractivity contribution is -0.128. The fourth-order valence-electron chi connectivity index (χ4n) is 5.29. The van der Waals surface area contributed by atoms with Gasteiger partial charge in [0.15, 0.2) is 0 Å². The van der Waals surface area contributed by atoms with Crippen LogP contribution in [-0.2, 0) is 28.9 Å². The van der Waals surface area contributed by atoms with Crippen molar-refractivity contribution in [2.45, 2.75) is 31.7 Å². The summed E-state index contributed by atoms with van der Waals surface area (Å²) in [7, 11) is 0. The molecule has 0 saturated heterocycles. The molecule has 3 amide bonds. The normalized spacial score (nSPS) is 13.5. The average Bonchev–Trinajstić information content (AvgIpc) is 2.98. The standard InChI is InChI=1S/C33H34N4O3/c34-18-19-35-32(39)29(22-23-13-14-24-7-1-2-10-27(24)21-23)36-31(38)17-20-37-30-12-6-4-9-26(30)16-15-25-8-3-5-11-28(25)33(37)40/h1-14,21,29H,15-20,22,34H2,(H,35,39)(H,36,38)/t29-/m1/s1. The van der Waals surface area contributed by atoms with Crippen molar-refractivity contribution in [3.8, 4) is 0 Å². The zero-order chi connectivity index (χ0) is 27.9. The van der Waals surface area contributed by atoms with Gasteiger partial charge in [0.25, 0.3) is 5.91 Å². The van der Waals surface area contributed by atoms with Crippen LogP contribution in [0.15, 0.2) is 91.0 Å². The minimum absolute atomic E-state index is 0.0562. The van der Waals surface area contributed by atoms with Gasteiger partial charge in [-0.15, -0.1) is 0 Å². The van der Waals surface area contributed by atoms with Crippen molar-refractivity contribution in [1.82, 2.24) is 10.6 Å². The van der Waals surface area contributed by atoms with Crippen LogP contribution in [0.5, 0.6) is 0 Å². The molecular weight excluding hydrogens is 500 g/mol. The Morgan fingerprint density at radius 2 is 1.55 bits per heavy atom. The van der Waals surface area contributed by atoms with Crippen LogP contribution in [0, 0.1) is 0 Å². The number of amides is 3. The molecule has 1 aliphatic rings. The van der Waals surface area contributed by atoms with Crippen LogP contribution in [0.25, 0.3) is 10.8 Å². The summed E-state index contributed by atoms with van der Waals surface area (Å²) in [4.78, 5) is 41.6. The third kappa shape index (κ3) is 6.21. The van der Waals surface area contributed by atoms with Crippen molar-refractivity contribution >= 4 is 34.2 Å². The number of hydrogen-bond acceptors (Lipinski definition) is 4. The number of aryl methyl sites for hydroxylation is 2. The molecule has 0 fully saturated rings. The van der Waals surface area contributed by atoms with Gasteiger partial charge in [-0.3, -0.25) is 14.4 Å². The lowest BCUT2D eigenvalue weighted by Gasteiger charge is -2.28. The summed E-state index contributed by atoms with van der Waals surface area (Å²) in [6.07, 6.45) is 1.98. The zero-order valence-electron chi connectivity index (χ0n) is 22.4. The third-order valence-electron chi connectivity index (χ3n) is 7.35. The van der Waals surface area contributed by atoms with Gasteiger partial charge in [-0.25, -0.2) is 0 Å². The second kappa shape index (κ2) is 12.6. The predicted molar refractivity (Wildman–Crippen MR) is 158 cm³/mol. The first kappa shape index (κ1) is 27.1. The highest BCUT2D eigenvalue weighted by Gasteiger charge is 2.26. The van der Waals surface area contributed by atoms with E-state index in [0.29, 0.717) is 25.1 Å². The van der Waals surface area contributed by atoms with Gasteiger partial charge in [-0.2, -0.15) is 0 Å². The minimum atomic E-state index is -0.767. The molecule has 5 rings (SSSR count). The van der Waals surface area contributed by atoms with E-state index in [9.17, 15) is 14.4 Å². The summed E-state index contributed by atoms with van der Waals surface area (Å²) in [5.41, 5.74) is 10.1. The van der Waals surface area contributed by atoms with Gasteiger partial charge < -0.3 is 21.3 Å². The number of hydrogen-bond donors (Lipinski definition) is 3. The molecule has 4 aromatic rings.